The molecule has 1 heterocycles. The zero-order chi connectivity index (χ0) is 17.9. The average molecular weight is 358 g/mol. The molecule has 3 nitrogen and oxygen atoms in total. The van der Waals surface area contributed by atoms with E-state index in [9.17, 15) is 4.79 Å². The first kappa shape index (κ1) is 16.6. The van der Waals surface area contributed by atoms with Crippen molar-refractivity contribution in [2.75, 3.05) is 0 Å². The molecule has 0 spiro atoms. The van der Waals surface area contributed by atoms with Gasteiger partial charge in [0.25, 0.3) is 5.91 Å². The van der Waals surface area contributed by atoms with Crippen LogP contribution in [0.4, 0.5) is 5.69 Å². The maximum Gasteiger partial charge on any atom is 0.264 e. The Morgan fingerprint density at radius 2 is 1.77 bits per heavy atom. The number of amides is 1. The predicted octanol–water partition coefficient (Wildman–Crippen LogP) is 5.29. The van der Waals surface area contributed by atoms with Gasteiger partial charge in [-0.2, -0.15) is 0 Å². The zero-order valence-corrected chi connectivity index (χ0v) is 15.2. The number of carbonyl (C=O) groups excluding carboxylic acids is 1. The normalized spacial score (nSPS) is 17.2. The Hall–Kier alpha value is -2.85. The molecule has 4 rings (SSSR count). The first-order chi connectivity index (χ1) is 12.7. The number of hydrogen-bond donors (Lipinski definition) is 1. The van der Waals surface area contributed by atoms with E-state index in [-0.39, 0.29) is 5.91 Å². The van der Waals surface area contributed by atoms with E-state index in [1.165, 1.54) is 22.7 Å². The van der Waals surface area contributed by atoms with E-state index >= 15 is 0 Å². The van der Waals surface area contributed by atoms with Gasteiger partial charge in [-0.3, -0.25) is 4.79 Å². The smallest absolute Gasteiger partial charge is 0.264 e. The number of hydrogen-bond acceptors (Lipinski definition) is 3. The van der Waals surface area contributed by atoms with E-state index in [0.717, 1.165) is 23.1 Å². The first-order valence-corrected chi connectivity index (χ1v) is 9.40. The summed E-state index contributed by atoms with van der Waals surface area (Å²) in [5.41, 5.74) is 3.14. The van der Waals surface area contributed by atoms with Crippen molar-refractivity contribution in [1.82, 2.24) is 5.32 Å². The van der Waals surface area contributed by atoms with Crippen molar-refractivity contribution in [3.05, 3.63) is 82.8 Å². The number of nitrogens with zero attached hydrogens (tertiary/aromatic N) is 1. The molecule has 0 aromatic heterocycles. The molecule has 3 aromatic rings. The third kappa shape index (κ3) is 3.55. The van der Waals surface area contributed by atoms with Crippen LogP contribution < -0.4 is 5.32 Å². The number of nitrogens with one attached hydrogen (secondary N) is 1. The van der Waals surface area contributed by atoms with E-state index in [1.807, 2.05) is 48.5 Å². The molecule has 1 aliphatic rings. The van der Waals surface area contributed by atoms with Crippen molar-refractivity contribution < 1.29 is 4.79 Å². The van der Waals surface area contributed by atoms with Crippen molar-refractivity contribution in [3.63, 3.8) is 0 Å². The number of rotatable bonds is 3. The Balaban J connectivity index is 1.57. The summed E-state index contributed by atoms with van der Waals surface area (Å²) >= 11 is 1.37. The van der Waals surface area contributed by atoms with Crippen LogP contribution in [0.3, 0.4) is 0 Å². The number of benzene rings is 3. The molecule has 4 heteroatoms. The van der Waals surface area contributed by atoms with Crippen LogP contribution in [0.15, 0.2) is 76.6 Å². The van der Waals surface area contributed by atoms with Gasteiger partial charge in [-0.25, -0.2) is 4.99 Å². The highest BCUT2D eigenvalue weighted by Gasteiger charge is 2.23. The molecule has 0 radical (unpaired) electrons. The second-order valence-corrected chi connectivity index (χ2v) is 7.14. The Labute approximate surface area is 156 Å². The van der Waals surface area contributed by atoms with E-state index in [4.69, 9.17) is 0 Å². The number of carbonyl (C=O) groups is 1. The molecule has 1 saturated heterocycles. The Kier molecular flexibility index (Phi) is 4.59. The SMILES string of the molecule is CCc1ccc(C=C2SC(=Nc3ccc4ccccc4c3)NC2=O)cc1. The van der Waals surface area contributed by atoms with Crippen molar-refractivity contribution in [2.45, 2.75) is 13.3 Å². The highest BCUT2D eigenvalue weighted by molar-refractivity contribution is 8.18. The van der Waals surface area contributed by atoms with Gasteiger partial charge < -0.3 is 5.32 Å². The van der Waals surface area contributed by atoms with E-state index in [0.29, 0.717) is 10.1 Å². The fourth-order valence-electron chi connectivity index (χ4n) is 2.84. The van der Waals surface area contributed by atoms with Crippen molar-refractivity contribution in [2.24, 2.45) is 4.99 Å². The quantitative estimate of drug-likeness (QED) is 0.646. The summed E-state index contributed by atoms with van der Waals surface area (Å²) in [4.78, 5) is 17.5. The van der Waals surface area contributed by atoms with E-state index < -0.39 is 0 Å². The molecular formula is C22H18N2OS. The van der Waals surface area contributed by atoms with Crippen LogP contribution in [-0.4, -0.2) is 11.1 Å². The number of aryl methyl sites for hydroxylation is 1. The molecule has 1 fully saturated rings. The Bertz CT molecular complexity index is 1040. The standard InChI is InChI=1S/C22H18N2OS/c1-2-15-7-9-16(10-8-15)13-20-21(25)24-22(26-20)23-19-12-11-17-5-3-4-6-18(17)14-19/h3-14H,2H2,1H3,(H,23,24,25). The van der Waals surface area contributed by atoms with E-state index in [2.05, 4.69) is 41.5 Å². The Morgan fingerprint density at radius 1 is 1.00 bits per heavy atom. The molecule has 3 aromatic carbocycles. The summed E-state index contributed by atoms with van der Waals surface area (Å²) in [6.45, 7) is 2.13. The molecule has 0 unspecified atom stereocenters. The molecular weight excluding hydrogens is 340 g/mol. The summed E-state index contributed by atoms with van der Waals surface area (Å²) in [6.07, 6.45) is 2.91. The van der Waals surface area contributed by atoms with Crippen LogP contribution in [0.25, 0.3) is 16.8 Å². The summed E-state index contributed by atoms with van der Waals surface area (Å²) in [7, 11) is 0. The maximum absolute atomic E-state index is 12.2. The van der Waals surface area contributed by atoms with Crippen molar-refractivity contribution in [3.8, 4) is 0 Å². The number of thioether (sulfide) groups is 1. The Morgan fingerprint density at radius 3 is 2.54 bits per heavy atom. The van der Waals surface area contributed by atoms with Crippen LogP contribution in [-0.2, 0) is 11.2 Å². The van der Waals surface area contributed by atoms with Gasteiger partial charge >= 0.3 is 0 Å². The number of aliphatic imine (C=N–C) groups is 1. The topological polar surface area (TPSA) is 41.5 Å². The highest BCUT2D eigenvalue weighted by atomic mass is 32.2. The molecule has 0 saturated carbocycles. The van der Waals surface area contributed by atoms with Gasteiger partial charge in [-0.05, 0) is 58.3 Å². The number of amidine groups is 1. The molecule has 1 N–H and O–H groups in total. The second kappa shape index (κ2) is 7.18. The molecule has 0 atom stereocenters. The minimum Gasteiger partial charge on any atom is -0.300 e. The van der Waals surface area contributed by atoms with Crippen LogP contribution in [0.2, 0.25) is 0 Å². The van der Waals surface area contributed by atoms with Gasteiger partial charge in [0, 0.05) is 0 Å². The largest absolute Gasteiger partial charge is 0.300 e. The molecule has 0 bridgehead atoms. The lowest BCUT2D eigenvalue weighted by molar-refractivity contribution is -0.115. The van der Waals surface area contributed by atoms with Gasteiger partial charge in [0.15, 0.2) is 5.17 Å². The first-order valence-electron chi connectivity index (χ1n) is 8.58. The highest BCUT2D eigenvalue weighted by Crippen LogP contribution is 2.29. The van der Waals surface area contributed by atoms with Crippen LogP contribution in [0, 0.1) is 0 Å². The monoisotopic (exact) mass is 358 g/mol. The van der Waals surface area contributed by atoms with Crippen LogP contribution in [0.5, 0.6) is 0 Å². The zero-order valence-electron chi connectivity index (χ0n) is 14.4. The molecule has 128 valence electrons. The van der Waals surface area contributed by atoms with E-state index in [1.54, 1.807) is 0 Å². The van der Waals surface area contributed by atoms with Gasteiger partial charge in [0.1, 0.15) is 0 Å². The maximum atomic E-state index is 12.2. The molecule has 26 heavy (non-hydrogen) atoms. The van der Waals surface area contributed by atoms with Gasteiger partial charge in [0.2, 0.25) is 0 Å². The third-order valence-corrected chi connectivity index (χ3v) is 5.21. The van der Waals surface area contributed by atoms with Crippen molar-refractivity contribution >= 4 is 45.4 Å². The molecule has 1 aliphatic heterocycles. The van der Waals surface area contributed by atoms with Gasteiger partial charge in [0.05, 0.1) is 10.6 Å². The summed E-state index contributed by atoms with van der Waals surface area (Å²) in [6, 6.07) is 22.5. The summed E-state index contributed by atoms with van der Waals surface area (Å²) < 4.78 is 0. The summed E-state index contributed by atoms with van der Waals surface area (Å²) in [5.74, 6) is -0.103. The molecule has 1 amide bonds. The van der Waals surface area contributed by atoms with Crippen LogP contribution in [0.1, 0.15) is 18.1 Å². The van der Waals surface area contributed by atoms with Gasteiger partial charge in [-0.1, -0.05) is 61.5 Å². The predicted molar refractivity (Wildman–Crippen MR) is 111 cm³/mol. The minimum absolute atomic E-state index is 0.103. The second-order valence-electron chi connectivity index (χ2n) is 6.11. The number of fused-ring (bicyclic) bond motifs is 1. The minimum atomic E-state index is -0.103. The van der Waals surface area contributed by atoms with Crippen molar-refractivity contribution in [1.29, 1.82) is 0 Å². The lowest BCUT2D eigenvalue weighted by Crippen LogP contribution is -2.19. The van der Waals surface area contributed by atoms with Crippen LogP contribution >= 0.6 is 11.8 Å². The lowest BCUT2D eigenvalue weighted by atomic mass is 10.1. The lowest BCUT2D eigenvalue weighted by Gasteiger charge is -2.00. The van der Waals surface area contributed by atoms with Gasteiger partial charge in [-0.15, -0.1) is 0 Å². The third-order valence-electron chi connectivity index (χ3n) is 4.30. The molecule has 0 aliphatic carbocycles. The summed E-state index contributed by atoms with van der Waals surface area (Å²) in [5, 5.41) is 5.77. The fourth-order valence-corrected chi connectivity index (χ4v) is 3.69. The fraction of sp³-hybridized carbons (Fsp3) is 0.0909. The average Bonchev–Trinajstić information content (AvgIpc) is 3.01.